The molecule has 8 atom stereocenters. The lowest BCUT2D eigenvalue weighted by atomic mass is 9.45. The number of carbonyl (C=O) groups excluding carboxylic acids is 1. The van der Waals surface area contributed by atoms with Crippen molar-refractivity contribution in [3.63, 3.8) is 0 Å². The Morgan fingerprint density at radius 3 is 2.03 bits per heavy atom. The number of carbonyl (C=O) groups is 1. The second-order valence-electron chi connectivity index (χ2n) is 12.0. The van der Waals surface area contributed by atoms with Crippen molar-refractivity contribution in [2.45, 2.75) is 83.8 Å². The van der Waals surface area contributed by atoms with E-state index >= 15 is 0 Å². The minimum Gasteiger partial charge on any atom is -0.458 e. The van der Waals surface area contributed by atoms with E-state index in [9.17, 15) is 35.2 Å². The van der Waals surface area contributed by atoms with Crippen LogP contribution in [-0.2, 0) is 19.3 Å². The summed E-state index contributed by atoms with van der Waals surface area (Å²) in [5.41, 5.74) is -2.12. The normalized spacial score (nSPS) is 38.7. The topological polar surface area (TPSA) is 89.9 Å². The summed E-state index contributed by atoms with van der Waals surface area (Å²) in [6.07, 6.45) is 4.88. The van der Waals surface area contributed by atoms with Crippen molar-refractivity contribution < 1.29 is 48.6 Å². The summed E-state index contributed by atoms with van der Waals surface area (Å²) in [7, 11) is -4.52. The van der Waals surface area contributed by atoms with Crippen molar-refractivity contribution in [3.8, 4) is 0 Å². The number of hydrogen-bond donors (Lipinski definition) is 1. The molecule has 4 saturated carbocycles. The van der Waals surface area contributed by atoms with E-state index < -0.39 is 68.6 Å². The molecule has 0 aromatic heterocycles. The first-order chi connectivity index (χ1) is 17.7. The second-order valence-corrected chi connectivity index (χ2v) is 13.1. The fraction of sp³-hybridized carbons (Fsp3) is 0.731. The lowest BCUT2D eigenvalue weighted by Gasteiger charge is -2.60. The lowest BCUT2D eigenvalue weighted by molar-refractivity contribution is -0.132. The number of halogens is 5. The maximum absolute atomic E-state index is 14.2. The number of esters is 1. The molecule has 1 aromatic carbocycles. The van der Waals surface area contributed by atoms with Gasteiger partial charge in [-0.3, -0.25) is 4.55 Å². The van der Waals surface area contributed by atoms with Crippen LogP contribution >= 0.6 is 0 Å². The van der Waals surface area contributed by atoms with E-state index in [2.05, 4.69) is 6.92 Å². The monoisotopic (exact) mass is 566 g/mol. The molecule has 12 heteroatoms. The van der Waals surface area contributed by atoms with Gasteiger partial charge in [-0.2, -0.15) is 8.42 Å². The van der Waals surface area contributed by atoms with Crippen LogP contribution in [0, 0.1) is 63.6 Å². The predicted molar refractivity (Wildman–Crippen MR) is 124 cm³/mol. The summed E-state index contributed by atoms with van der Waals surface area (Å²) < 4.78 is 111. The van der Waals surface area contributed by atoms with E-state index in [1.165, 1.54) is 0 Å². The van der Waals surface area contributed by atoms with Crippen molar-refractivity contribution in [2.24, 2.45) is 34.5 Å². The van der Waals surface area contributed by atoms with Crippen LogP contribution in [0.3, 0.4) is 0 Å². The molecule has 1 aromatic rings. The smallest absolute Gasteiger partial charge is 0.397 e. The van der Waals surface area contributed by atoms with Gasteiger partial charge in [0.15, 0.2) is 23.3 Å². The largest absolute Gasteiger partial charge is 0.458 e. The summed E-state index contributed by atoms with van der Waals surface area (Å²) in [5.74, 6) is -11.6. The average Bonchev–Trinajstić information content (AvgIpc) is 3.17. The summed E-state index contributed by atoms with van der Waals surface area (Å²) in [4.78, 5) is 12.7. The Balaban J connectivity index is 1.33. The van der Waals surface area contributed by atoms with Gasteiger partial charge < -0.3 is 4.74 Å². The number of fused-ring (bicyclic) bond motifs is 5. The van der Waals surface area contributed by atoms with E-state index in [0.29, 0.717) is 43.9 Å². The van der Waals surface area contributed by atoms with E-state index in [1.807, 2.05) is 6.92 Å². The molecule has 6 nitrogen and oxygen atoms in total. The molecular weight excluding hydrogens is 535 g/mol. The van der Waals surface area contributed by atoms with Gasteiger partial charge in [0.25, 0.3) is 0 Å². The molecule has 4 aliphatic rings. The molecule has 38 heavy (non-hydrogen) atoms. The molecule has 0 unspecified atom stereocenters. The van der Waals surface area contributed by atoms with Gasteiger partial charge in [-0.05, 0) is 86.9 Å². The van der Waals surface area contributed by atoms with E-state index in [4.69, 9.17) is 13.5 Å². The highest BCUT2D eigenvalue weighted by Crippen LogP contribution is 2.66. The third-order valence-corrected chi connectivity index (χ3v) is 11.0. The molecule has 0 radical (unpaired) electrons. The molecule has 4 aliphatic carbocycles. The van der Waals surface area contributed by atoms with Crippen molar-refractivity contribution >= 4 is 16.4 Å². The third kappa shape index (κ3) is 4.34. The van der Waals surface area contributed by atoms with Crippen LogP contribution in [0.1, 0.15) is 82.0 Å². The van der Waals surface area contributed by atoms with Crippen molar-refractivity contribution in [1.82, 2.24) is 0 Å². The first-order valence-corrected chi connectivity index (χ1v) is 14.4. The zero-order valence-corrected chi connectivity index (χ0v) is 21.9. The van der Waals surface area contributed by atoms with Crippen molar-refractivity contribution in [3.05, 3.63) is 34.6 Å². The number of rotatable bonds is 4. The minimum absolute atomic E-state index is 0.0481. The Bertz CT molecular complexity index is 1230. The minimum atomic E-state index is -4.52. The van der Waals surface area contributed by atoms with Gasteiger partial charge in [0, 0.05) is 5.41 Å². The SMILES string of the molecule is C[C@]12CC[C@@H](OS(=O)(=O)O)C[C@H]1CC[C@@H]1[C@@H]2CC[C@]2(C)[C@@H](OC(=O)c3c(F)c(F)c(F)c(F)c3F)CC[C@@H]12. The van der Waals surface area contributed by atoms with E-state index in [0.717, 1.165) is 25.7 Å². The highest BCUT2D eigenvalue weighted by Gasteiger charge is 2.61. The summed E-state index contributed by atoms with van der Waals surface area (Å²) in [6, 6.07) is 0. The van der Waals surface area contributed by atoms with Crippen LogP contribution in [0.2, 0.25) is 0 Å². The maximum Gasteiger partial charge on any atom is 0.397 e. The Morgan fingerprint density at radius 2 is 1.39 bits per heavy atom. The molecule has 4 fully saturated rings. The molecule has 0 spiro atoms. The zero-order valence-electron chi connectivity index (χ0n) is 21.1. The quantitative estimate of drug-likeness (QED) is 0.155. The Kier molecular flexibility index (Phi) is 6.87. The number of ether oxygens (including phenoxy) is 1. The molecular formula is C26H31F5O6S. The first-order valence-electron chi connectivity index (χ1n) is 13.1. The van der Waals surface area contributed by atoms with Crippen molar-refractivity contribution in [1.29, 1.82) is 0 Å². The molecule has 0 bridgehead atoms. The Hall–Kier alpha value is -1.79. The average molecular weight is 567 g/mol. The van der Waals surface area contributed by atoms with Crippen LogP contribution in [0.4, 0.5) is 22.0 Å². The van der Waals surface area contributed by atoms with Gasteiger partial charge >= 0.3 is 16.4 Å². The van der Waals surface area contributed by atoms with Gasteiger partial charge in [0.1, 0.15) is 11.7 Å². The van der Waals surface area contributed by atoms with E-state index in [1.54, 1.807) is 0 Å². The van der Waals surface area contributed by atoms with Crippen LogP contribution in [-0.4, -0.2) is 31.1 Å². The van der Waals surface area contributed by atoms with Gasteiger partial charge in [-0.1, -0.05) is 13.8 Å². The standard InChI is InChI=1S/C26H31F5O6S/c1-25-9-7-13(37-38(33,34)35)11-12(25)3-4-14-15-5-6-17(26(15,2)10-8-16(14)25)36-24(32)18-19(27)21(29)23(31)22(30)20(18)28/h12-17H,3-11H2,1-2H3,(H,33,34,35)/t12-,13-,14+,15+,16+,17+,25+,26+/m1/s1. The fourth-order valence-electron chi connectivity index (χ4n) is 8.60. The Labute approximate surface area is 218 Å². The van der Waals surface area contributed by atoms with Gasteiger partial charge in [0.05, 0.1) is 6.10 Å². The second kappa shape index (κ2) is 9.40. The first kappa shape index (κ1) is 27.8. The summed E-state index contributed by atoms with van der Waals surface area (Å²) in [6.45, 7) is 4.21. The molecule has 0 heterocycles. The fourth-order valence-corrected chi connectivity index (χ4v) is 9.11. The van der Waals surface area contributed by atoms with Crippen LogP contribution in [0.25, 0.3) is 0 Å². The van der Waals surface area contributed by atoms with Crippen molar-refractivity contribution in [2.75, 3.05) is 0 Å². The summed E-state index contributed by atoms with van der Waals surface area (Å²) in [5, 5.41) is 0. The Morgan fingerprint density at radius 1 is 0.816 bits per heavy atom. The van der Waals surface area contributed by atoms with Crippen LogP contribution in [0.5, 0.6) is 0 Å². The van der Waals surface area contributed by atoms with E-state index in [-0.39, 0.29) is 17.3 Å². The highest BCUT2D eigenvalue weighted by molar-refractivity contribution is 7.80. The van der Waals surface area contributed by atoms with Gasteiger partial charge in [0.2, 0.25) is 5.82 Å². The number of benzene rings is 1. The molecule has 0 aliphatic heterocycles. The van der Waals surface area contributed by atoms with Gasteiger partial charge in [-0.25, -0.2) is 30.9 Å². The highest BCUT2D eigenvalue weighted by atomic mass is 32.3. The summed E-state index contributed by atoms with van der Waals surface area (Å²) >= 11 is 0. The molecule has 212 valence electrons. The predicted octanol–water partition coefficient (Wildman–Crippen LogP) is 6.14. The van der Waals surface area contributed by atoms with Crippen LogP contribution < -0.4 is 0 Å². The van der Waals surface area contributed by atoms with Gasteiger partial charge in [-0.15, -0.1) is 0 Å². The lowest BCUT2D eigenvalue weighted by Crippen LogP contribution is -2.55. The molecule has 0 amide bonds. The number of hydrogen-bond acceptors (Lipinski definition) is 5. The molecule has 0 saturated heterocycles. The molecule has 1 N–H and O–H groups in total. The molecule has 5 rings (SSSR count). The van der Waals surface area contributed by atoms with Crippen LogP contribution in [0.15, 0.2) is 0 Å². The third-order valence-electron chi connectivity index (χ3n) is 10.5. The zero-order chi connectivity index (χ0) is 27.8. The maximum atomic E-state index is 14.2.